The first kappa shape index (κ1) is 18.9. The minimum absolute atomic E-state index is 0.253. The van der Waals surface area contributed by atoms with Crippen LogP contribution in [0.1, 0.15) is 38.2 Å². The molecule has 1 aliphatic rings. The second kappa shape index (κ2) is 8.22. The summed E-state index contributed by atoms with van der Waals surface area (Å²) in [6.07, 6.45) is 3.86. The zero-order valence-electron chi connectivity index (χ0n) is 15.3. The number of fused-ring (bicyclic) bond motifs is 1. The first-order valence-electron chi connectivity index (χ1n) is 9.23. The second-order valence-electron chi connectivity index (χ2n) is 6.79. The van der Waals surface area contributed by atoms with E-state index in [1.54, 1.807) is 0 Å². The van der Waals surface area contributed by atoms with E-state index in [1.165, 1.54) is 0 Å². The molecule has 8 nitrogen and oxygen atoms in total. The van der Waals surface area contributed by atoms with Crippen molar-refractivity contribution >= 4 is 28.6 Å². The quantitative estimate of drug-likeness (QED) is 0.250. The summed E-state index contributed by atoms with van der Waals surface area (Å²) in [6.45, 7) is 2.04. The van der Waals surface area contributed by atoms with E-state index < -0.39 is 18.1 Å². The normalized spacial score (nSPS) is 19.6. The van der Waals surface area contributed by atoms with Crippen LogP contribution in [0.4, 0.5) is 0 Å². The summed E-state index contributed by atoms with van der Waals surface area (Å²) in [5, 5.41) is 7.08. The molecule has 0 bridgehead atoms. The molecule has 3 rings (SSSR count). The SMILES string of the molecule is CCCCCC(=O)N(N)[C@@H]1NC(=O)[C@@H](Cc2c[nH]c3ccccc23)NC1=O. The number of hydrogen-bond donors (Lipinski definition) is 4. The van der Waals surface area contributed by atoms with Crippen LogP contribution < -0.4 is 16.5 Å². The van der Waals surface area contributed by atoms with E-state index in [1.807, 2.05) is 37.4 Å². The number of unbranched alkanes of at least 4 members (excludes halogenated alkanes) is 2. The number of piperazine rings is 1. The van der Waals surface area contributed by atoms with Gasteiger partial charge in [0.05, 0.1) is 0 Å². The van der Waals surface area contributed by atoms with Crippen LogP contribution in [0.25, 0.3) is 10.9 Å². The Hall–Kier alpha value is -2.87. The fourth-order valence-electron chi connectivity index (χ4n) is 3.28. The van der Waals surface area contributed by atoms with Crippen molar-refractivity contribution in [2.75, 3.05) is 0 Å². The van der Waals surface area contributed by atoms with Crippen molar-refractivity contribution in [1.82, 2.24) is 20.6 Å². The van der Waals surface area contributed by atoms with Gasteiger partial charge >= 0.3 is 0 Å². The Morgan fingerprint density at radius 2 is 1.93 bits per heavy atom. The molecule has 27 heavy (non-hydrogen) atoms. The number of nitrogens with two attached hydrogens (primary N) is 1. The molecule has 2 atom stereocenters. The summed E-state index contributed by atoms with van der Waals surface area (Å²) in [4.78, 5) is 40.2. The average Bonchev–Trinajstić information content (AvgIpc) is 3.07. The van der Waals surface area contributed by atoms with E-state index in [0.717, 1.165) is 34.3 Å². The van der Waals surface area contributed by atoms with Gasteiger partial charge < -0.3 is 15.6 Å². The van der Waals surface area contributed by atoms with Crippen LogP contribution in [0.2, 0.25) is 0 Å². The van der Waals surface area contributed by atoms with Gasteiger partial charge in [-0.25, -0.2) is 10.9 Å². The number of H-pyrrole nitrogens is 1. The monoisotopic (exact) mass is 371 g/mol. The molecule has 0 spiro atoms. The first-order chi connectivity index (χ1) is 13.0. The maximum Gasteiger partial charge on any atom is 0.265 e. The van der Waals surface area contributed by atoms with E-state index in [4.69, 9.17) is 5.84 Å². The van der Waals surface area contributed by atoms with Gasteiger partial charge in [-0.3, -0.25) is 14.4 Å². The molecule has 144 valence electrons. The van der Waals surface area contributed by atoms with Crippen LogP contribution >= 0.6 is 0 Å². The number of rotatable bonds is 7. The van der Waals surface area contributed by atoms with Gasteiger partial charge in [0.2, 0.25) is 11.8 Å². The fourth-order valence-corrected chi connectivity index (χ4v) is 3.28. The topological polar surface area (TPSA) is 120 Å². The molecule has 2 heterocycles. The third-order valence-electron chi connectivity index (χ3n) is 4.82. The van der Waals surface area contributed by atoms with Crippen LogP contribution in [-0.4, -0.2) is 39.9 Å². The molecule has 1 aromatic carbocycles. The number of aromatic nitrogens is 1. The highest BCUT2D eigenvalue weighted by Crippen LogP contribution is 2.20. The molecule has 0 saturated carbocycles. The zero-order valence-corrected chi connectivity index (χ0v) is 15.3. The number of nitrogens with one attached hydrogen (secondary N) is 3. The molecule has 1 aliphatic heterocycles. The van der Waals surface area contributed by atoms with E-state index in [0.29, 0.717) is 12.8 Å². The Kier molecular flexibility index (Phi) is 5.75. The van der Waals surface area contributed by atoms with Crippen molar-refractivity contribution in [3.05, 3.63) is 36.0 Å². The van der Waals surface area contributed by atoms with Crippen molar-refractivity contribution in [2.45, 2.75) is 51.2 Å². The molecular formula is C19H25N5O3. The highest BCUT2D eigenvalue weighted by Gasteiger charge is 2.38. The second-order valence-corrected chi connectivity index (χ2v) is 6.79. The standard InChI is InChI=1S/C19H25N5O3/c1-2-3-4-9-16(25)24(20)17-19(27)22-15(18(26)23-17)10-12-11-21-14-8-6-5-7-13(12)14/h5-8,11,15,17,21H,2-4,9-10,20H2,1H3,(H,22,27)(H,23,26)/t15-,17+/m1/s1. The average molecular weight is 371 g/mol. The summed E-state index contributed by atoms with van der Waals surface area (Å²) in [7, 11) is 0. The van der Waals surface area contributed by atoms with Crippen LogP contribution in [0, 0.1) is 0 Å². The zero-order chi connectivity index (χ0) is 19.4. The van der Waals surface area contributed by atoms with Crippen molar-refractivity contribution in [3.63, 3.8) is 0 Å². The summed E-state index contributed by atoms with van der Waals surface area (Å²) in [5.74, 6) is 4.58. The molecule has 0 radical (unpaired) electrons. The van der Waals surface area contributed by atoms with Crippen LogP contribution in [-0.2, 0) is 20.8 Å². The van der Waals surface area contributed by atoms with Gasteiger partial charge in [-0.1, -0.05) is 38.0 Å². The minimum atomic E-state index is -1.18. The van der Waals surface area contributed by atoms with Gasteiger partial charge in [-0.2, -0.15) is 0 Å². The summed E-state index contributed by atoms with van der Waals surface area (Å²) in [5.41, 5.74) is 1.91. The van der Waals surface area contributed by atoms with Gasteiger partial charge in [0.15, 0.2) is 6.17 Å². The molecule has 1 saturated heterocycles. The predicted octanol–water partition coefficient (Wildman–Crippen LogP) is 0.934. The Balaban J connectivity index is 1.64. The molecule has 1 aromatic heterocycles. The fraction of sp³-hybridized carbons (Fsp3) is 0.421. The number of amides is 3. The number of para-hydroxylation sites is 1. The first-order valence-corrected chi connectivity index (χ1v) is 9.23. The lowest BCUT2D eigenvalue weighted by Crippen LogP contribution is -2.69. The van der Waals surface area contributed by atoms with Crippen LogP contribution in [0.15, 0.2) is 30.5 Å². The molecule has 0 aliphatic carbocycles. The lowest BCUT2D eigenvalue weighted by molar-refractivity contribution is -0.149. The number of nitrogens with zero attached hydrogens (tertiary/aromatic N) is 1. The van der Waals surface area contributed by atoms with Gasteiger partial charge in [0.25, 0.3) is 5.91 Å². The molecule has 1 fully saturated rings. The maximum atomic E-state index is 12.5. The van der Waals surface area contributed by atoms with Crippen molar-refractivity contribution in [1.29, 1.82) is 0 Å². The Bertz CT molecular complexity index is 847. The van der Waals surface area contributed by atoms with Crippen molar-refractivity contribution in [2.24, 2.45) is 5.84 Å². The molecule has 8 heteroatoms. The number of hydrogen-bond acceptors (Lipinski definition) is 4. The highest BCUT2D eigenvalue weighted by atomic mass is 16.2. The smallest absolute Gasteiger partial charge is 0.265 e. The van der Waals surface area contributed by atoms with Gasteiger partial charge in [0.1, 0.15) is 6.04 Å². The predicted molar refractivity (Wildman–Crippen MR) is 101 cm³/mol. The summed E-state index contributed by atoms with van der Waals surface area (Å²) >= 11 is 0. The van der Waals surface area contributed by atoms with Crippen LogP contribution in [0.3, 0.4) is 0 Å². The van der Waals surface area contributed by atoms with Crippen molar-refractivity contribution in [3.8, 4) is 0 Å². The number of aromatic amines is 1. The number of hydrazine groups is 1. The molecular weight excluding hydrogens is 346 g/mol. The number of carbonyl (C=O) groups excluding carboxylic acids is 3. The third-order valence-corrected chi connectivity index (χ3v) is 4.82. The van der Waals surface area contributed by atoms with E-state index in [-0.39, 0.29) is 18.2 Å². The summed E-state index contributed by atoms with van der Waals surface area (Å²) < 4.78 is 0. The minimum Gasteiger partial charge on any atom is -0.361 e. The summed E-state index contributed by atoms with van der Waals surface area (Å²) in [6, 6.07) is 7.05. The molecule has 5 N–H and O–H groups in total. The third kappa shape index (κ3) is 4.11. The Morgan fingerprint density at radius 1 is 1.15 bits per heavy atom. The molecule has 3 amide bonds. The Labute approximate surface area is 157 Å². The van der Waals surface area contributed by atoms with Crippen LogP contribution in [0.5, 0.6) is 0 Å². The molecule has 0 unspecified atom stereocenters. The number of benzene rings is 1. The van der Waals surface area contributed by atoms with E-state index in [9.17, 15) is 14.4 Å². The van der Waals surface area contributed by atoms with Crippen molar-refractivity contribution < 1.29 is 14.4 Å². The Morgan fingerprint density at radius 3 is 2.70 bits per heavy atom. The van der Waals surface area contributed by atoms with E-state index >= 15 is 0 Å². The lowest BCUT2D eigenvalue weighted by atomic mass is 10.0. The van der Waals surface area contributed by atoms with Gasteiger partial charge in [-0.05, 0) is 18.1 Å². The number of carbonyl (C=O) groups is 3. The van der Waals surface area contributed by atoms with Gasteiger partial charge in [0, 0.05) is 29.9 Å². The highest BCUT2D eigenvalue weighted by molar-refractivity contribution is 5.99. The van der Waals surface area contributed by atoms with E-state index in [2.05, 4.69) is 15.6 Å². The lowest BCUT2D eigenvalue weighted by Gasteiger charge is -2.34. The molecule has 2 aromatic rings. The van der Waals surface area contributed by atoms with Gasteiger partial charge in [-0.15, -0.1) is 0 Å². The largest absolute Gasteiger partial charge is 0.361 e. The maximum absolute atomic E-state index is 12.5.